The molecule has 4 bridgehead atoms. The molecule has 4 saturated heterocycles. The summed E-state index contributed by atoms with van der Waals surface area (Å²) in [5, 5.41) is 16.3. The van der Waals surface area contributed by atoms with Gasteiger partial charge in [0.15, 0.2) is 18.5 Å². The van der Waals surface area contributed by atoms with Crippen LogP contribution in [0.4, 0.5) is 4.79 Å². The van der Waals surface area contributed by atoms with Crippen molar-refractivity contribution in [3.05, 3.63) is 36.2 Å². The molecule has 60 heavy (non-hydrogen) atoms. The Balaban J connectivity index is 1.30. The summed E-state index contributed by atoms with van der Waals surface area (Å²) >= 11 is 0. The average molecular weight is 837 g/mol. The highest BCUT2D eigenvalue weighted by Crippen LogP contribution is 2.45. The van der Waals surface area contributed by atoms with Gasteiger partial charge in [0.2, 0.25) is 0 Å². The van der Waals surface area contributed by atoms with Gasteiger partial charge in [-0.25, -0.2) is 9.78 Å². The Hall–Kier alpha value is -3.80. The molecule has 1 aromatic carbocycles. The average Bonchev–Trinajstić information content (AvgIpc) is 3.36. The number of aliphatic hydroxyl groups excluding tert-OH is 1. The Morgan fingerprint density at radius 1 is 1.05 bits per heavy atom. The molecule has 0 spiro atoms. The first-order valence-corrected chi connectivity index (χ1v) is 21.6. The lowest BCUT2D eigenvalue weighted by molar-refractivity contribution is -0.302. The van der Waals surface area contributed by atoms with E-state index in [1.807, 2.05) is 77.9 Å². The van der Waals surface area contributed by atoms with Gasteiger partial charge in [-0.2, -0.15) is 0 Å². The van der Waals surface area contributed by atoms with Crippen molar-refractivity contribution in [2.45, 2.75) is 141 Å². The molecule has 1 aromatic heterocycles. The maximum Gasteiger partial charge on any atom is 0.410 e. The SMILES string of the molecule is CC[C@H]1OC(=O)[C@H](C)[C@H]2OC/C(=N\OCc3cnc4ccccc4n3)CO[C@](C)(C[C@@H](C)C3=NCCN4C(=O)O[C@@]1(C)[C@H]4[C@H]3C)[C@H](O[C@H]1O[C@@H](C)C[C@@H](N(C)C)[C@@H]1O)[C@H]2C. The Bertz CT molecular complexity index is 1930. The number of aromatic nitrogens is 2. The molecule has 16 nitrogen and oxygen atoms in total. The van der Waals surface area contributed by atoms with Crippen molar-refractivity contribution in [2.75, 3.05) is 40.4 Å². The van der Waals surface area contributed by atoms with Crippen molar-refractivity contribution in [1.29, 1.82) is 0 Å². The highest BCUT2D eigenvalue weighted by molar-refractivity contribution is 5.91. The topological polar surface area (TPSA) is 176 Å². The molecule has 330 valence electrons. The van der Waals surface area contributed by atoms with E-state index in [9.17, 15) is 14.7 Å². The number of fused-ring (bicyclic) bond motifs is 5. The van der Waals surface area contributed by atoms with Crippen LogP contribution < -0.4 is 0 Å². The lowest BCUT2D eigenvalue weighted by atomic mass is 9.72. The lowest BCUT2D eigenvalue weighted by Crippen LogP contribution is -2.60. The summed E-state index contributed by atoms with van der Waals surface area (Å²) in [7, 11) is 3.87. The molecular weight excluding hydrogens is 773 g/mol. The molecule has 0 unspecified atom stereocenters. The van der Waals surface area contributed by atoms with Gasteiger partial charge in [-0.3, -0.25) is 19.7 Å². The van der Waals surface area contributed by atoms with Crippen molar-refractivity contribution in [1.82, 2.24) is 19.8 Å². The number of ether oxygens (including phenoxy) is 6. The van der Waals surface area contributed by atoms with Crippen LogP contribution in [0.3, 0.4) is 0 Å². The van der Waals surface area contributed by atoms with Crippen LogP contribution in [0, 0.1) is 23.7 Å². The zero-order valence-electron chi connectivity index (χ0n) is 36.8. The zero-order valence-corrected chi connectivity index (χ0v) is 36.8. The van der Waals surface area contributed by atoms with Crippen molar-refractivity contribution in [3.63, 3.8) is 0 Å². The van der Waals surface area contributed by atoms with Gasteiger partial charge in [-0.05, 0) is 79.1 Å². The molecule has 0 radical (unpaired) electrons. The smallest absolute Gasteiger partial charge is 0.410 e. The fourth-order valence-corrected chi connectivity index (χ4v) is 10.5. The number of carbonyl (C=O) groups is 2. The standard InChI is InChI=1S/C44H64N6O10/c1-11-34-44(8)38-26(4)35(45-16-17-50(38)42(53)60-44)24(2)19-43(7)39(59-41-36(51)33(49(9)10)18-25(3)57-41)27(5)37(28(6)40(52)58-34)54-21-30(22-55-43)48-56-23-29-20-46-31-14-12-13-15-32(31)47-29/h12-15,20,24-28,33-34,36-39,41,51H,11,16-19,21-23H2,1-10H3/b48-30+/t24-,25+,26+,27+,28-,33-,34-,36+,37+,38-,39-,41-,43-,44-/m1/s1. The van der Waals surface area contributed by atoms with E-state index >= 15 is 0 Å². The first-order chi connectivity index (χ1) is 28.5. The van der Waals surface area contributed by atoms with E-state index in [2.05, 4.69) is 29.0 Å². The van der Waals surface area contributed by atoms with Crippen molar-refractivity contribution in [2.24, 2.45) is 33.8 Å². The third-order valence-corrected chi connectivity index (χ3v) is 13.5. The van der Waals surface area contributed by atoms with E-state index in [1.54, 1.807) is 18.0 Å². The number of rotatable bonds is 7. The normalized spacial score (nSPS) is 39.9. The minimum atomic E-state index is -1.14. The number of benzene rings is 1. The maximum absolute atomic E-state index is 14.5. The predicted octanol–water partition coefficient (Wildman–Crippen LogP) is 4.79. The second-order valence-corrected chi connectivity index (χ2v) is 18.2. The monoisotopic (exact) mass is 836 g/mol. The summed E-state index contributed by atoms with van der Waals surface area (Å²) in [4.78, 5) is 52.0. The molecular formula is C44H64N6O10. The molecule has 1 N–H and O–H groups in total. The molecule has 0 saturated carbocycles. The van der Waals surface area contributed by atoms with E-state index in [4.69, 9.17) is 38.3 Å². The lowest BCUT2D eigenvalue weighted by Gasteiger charge is -2.48. The molecule has 2 aromatic rings. The number of hydrogen-bond acceptors (Lipinski definition) is 15. The fourth-order valence-electron chi connectivity index (χ4n) is 10.5. The first-order valence-electron chi connectivity index (χ1n) is 21.6. The van der Waals surface area contributed by atoms with E-state index in [0.29, 0.717) is 43.8 Å². The molecule has 5 aliphatic rings. The molecule has 4 fully saturated rings. The van der Waals surface area contributed by atoms with E-state index in [1.165, 1.54) is 0 Å². The number of para-hydroxylation sites is 2. The second kappa shape index (κ2) is 17.9. The van der Waals surface area contributed by atoms with Crippen LogP contribution in [-0.4, -0.2) is 149 Å². The summed E-state index contributed by atoms with van der Waals surface area (Å²) in [6.45, 7) is 16.6. The Morgan fingerprint density at radius 2 is 1.80 bits per heavy atom. The number of cyclic esters (lactones) is 1. The quantitative estimate of drug-likeness (QED) is 0.298. The van der Waals surface area contributed by atoms with Crippen LogP contribution in [0.1, 0.15) is 80.3 Å². The van der Waals surface area contributed by atoms with Crippen LogP contribution in [0.2, 0.25) is 0 Å². The number of aliphatic imine (C=N–C) groups is 1. The minimum Gasteiger partial charge on any atom is -0.458 e. The van der Waals surface area contributed by atoms with Gasteiger partial charge < -0.3 is 43.3 Å². The number of amides is 1. The van der Waals surface area contributed by atoms with E-state index in [-0.39, 0.29) is 43.8 Å². The van der Waals surface area contributed by atoms with Crippen LogP contribution in [0.5, 0.6) is 0 Å². The van der Waals surface area contributed by atoms with Crippen molar-refractivity contribution in [3.8, 4) is 0 Å². The number of hydrogen-bond donors (Lipinski definition) is 1. The second-order valence-electron chi connectivity index (χ2n) is 18.2. The van der Waals surface area contributed by atoms with Gasteiger partial charge >= 0.3 is 12.1 Å². The minimum absolute atomic E-state index is 0.00625. The van der Waals surface area contributed by atoms with Crippen LogP contribution in [-0.2, 0) is 44.7 Å². The fraction of sp³-hybridized carbons (Fsp3) is 0.727. The van der Waals surface area contributed by atoms with Crippen molar-refractivity contribution < 1.29 is 48.0 Å². The first kappa shape index (κ1) is 44.3. The number of aliphatic hydroxyl groups is 1. The molecule has 1 amide bonds. The summed E-state index contributed by atoms with van der Waals surface area (Å²) in [6, 6.07) is 6.95. The summed E-state index contributed by atoms with van der Waals surface area (Å²) in [5.41, 5.74) is 1.25. The number of nitrogens with zero attached hydrogens (tertiary/aromatic N) is 6. The third-order valence-electron chi connectivity index (χ3n) is 13.5. The number of esters is 1. The molecule has 0 aliphatic carbocycles. The maximum atomic E-state index is 14.5. The number of oxime groups is 1. The number of likely N-dealkylation sites (N-methyl/N-ethyl adjacent to an activating group) is 1. The van der Waals surface area contributed by atoms with Crippen LogP contribution >= 0.6 is 0 Å². The third kappa shape index (κ3) is 8.65. The van der Waals surface area contributed by atoms with Crippen LogP contribution in [0.15, 0.2) is 40.6 Å². The summed E-state index contributed by atoms with van der Waals surface area (Å²) < 4.78 is 39.8. The predicted molar refractivity (Wildman–Crippen MR) is 222 cm³/mol. The highest BCUT2D eigenvalue weighted by atomic mass is 16.7. The molecule has 6 heterocycles. The zero-order chi connectivity index (χ0) is 43.1. The van der Waals surface area contributed by atoms with Gasteiger partial charge in [-0.1, -0.05) is 45.0 Å². The summed E-state index contributed by atoms with van der Waals surface area (Å²) in [6.07, 6.45) is -1.84. The molecule has 16 heteroatoms. The van der Waals surface area contributed by atoms with Gasteiger partial charge in [-0.15, -0.1) is 0 Å². The summed E-state index contributed by atoms with van der Waals surface area (Å²) in [5.74, 6) is -2.29. The van der Waals surface area contributed by atoms with Gasteiger partial charge in [0.25, 0.3) is 0 Å². The Morgan fingerprint density at radius 3 is 2.53 bits per heavy atom. The Labute approximate surface area is 353 Å². The highest BCUT2D eigenvalue weighted by Gasteiger charge is 2.60. The van der Waals surface area contributed by atoms with E-state index in [0.717, 1.165) is 16.7 Å². The molecule has 7 rings (SSSR count). The van der Waals surface area contributed by atoms with Gasteiger partial charge in [0.05, 0.1) is 78.6 Å². The molecule has 5 aliphatic heterocycles. The molecule has 14 atom stereocenters. The van der Waals surface area contributed by atoms with E-state index < -0.39 is 71.8 Å². The Kier molecular flexibility index (Phi) is 13.2. The number of carbonyl (C=O) groups excluding carboxylic acids is 2. The largest absolute Gasteiger partial charge is 0.458 e. The van der Waals surface area contributed by atoms with Crippen molar-refractivity contribution >= 4 is 34.5 Å². The van der Waals surface area contributed by atoms with Gasteiger partial charge in [0, 0.05) is 30.1 Å². The van der Waals surface area contributed by atoms with Crippen LogP contribution in [0.25, 0.3) is 11.0 Å². The van der Waals surface area contributed by atoms with Gasteiger partial charge in [0.1, 0.15) is 17.9 Å².